The van der Waals surface area contributed by atoms with Gasteiger partial charge in [-0.25, -0.2) is 0 Å². The van der Waals surface area contributed by atoms with Gasteiger partial charge >= 0.3 is 0 Å². The standard InChI is InChI=1S/C40H56O3/c1-28(17-13-18-30(3)21-22-35-32(5)23-33(41)25-38(35,6)7)15-11-12-16-29(2)19-14-20-31(4)36-24-37-39(8,9)26-34(42)27-40(37,10)43-36/h11-22,24,33-34,36,41-42H,23,25-27H2,1-10H3/b12-11+,17-13+,19-14+,22-21+,28-15-,29-16-,30-18-,31-20-/t33-,34-,36-,40+/m0/s1. The van der Waals surface area contributed by atoms with E-state index in [9.17, 15) is 10.2 Å². The Hall–Kier alpha value is -2.72. The van der Waals surface area contributed by atoms with Crippen molar-refractivity contribution in [1.82, 2.24) is 0 Å². The molecule has 2 aliphatic carbocycles. The highest BCUT2D eigenvalue weighted by Crippen LogP contribution is 2.52. The van der Waals surface area contributed by atoms with Gasteiger partial charge in [0.25, 0.3) is 0 Å². The Morgan fingerprint density at radius 3 is 1.86 bits per heavy atom. The van der Waals surface area contributed by atoms with E-state index in [0.29, 0.717) is 6.42 Å². The lowest BCUT2D eigenvalue weighted by Gasteiger charge is -2.44. The fraction of sp³-hybridized carbons (Fsp3) is 0.500. The van der Waals surface area contributed by atoms with E-state index in [4.69, 9.17) is 4.74 Å². The molecule has 4 atom stereocenters. The van der Waals surface area contributed by atoms with Gasteiger partial charge in [0.15, 0.2) is 0 Å². The van der Waals surface area contributed by atoms with Crippen molar-refractivity contribution in [1.29, 1.82) is 0 Å². The molecule has 43 heavy (non-hydrogen) atoms. The lowest BCUT2D eigenvalue weighted by atomic mass is 9.65. The van der Waals surface area contributed by atoms with Crippen molar-refractivity contribution in [3.8, 4) is 0 Å². The zero-order valence-corrected chi connectivity index (χ0v) is 28.4. The van der Waals surface area contributed by atoms with Crippen molar-refractivity contribution in [2.24, 2.45) is 10.8 Å². The molecule has 0 amide bonds. The highest BCUT2D eigenvalue weighted by molar-refractivity contribution is 5.39. The van der Waals surface area contributed by atoms with Gasteiger partial charge in [0.05, 0.1) is 23.9 Å². The van der Waals surface area contributed by atoms with Gasteiger partial charge in [0, 0.05) is 6.42 Å². The van der Waals surface area contributed by atoms with Crippen LogP contribution in [-0.2, 0) is 4.74 Å². The summed E-state index contributed by atoms with van der Waals surface area (Å²) in [6.45, 7) is 21.6. The van der Waals surface area contributed by atoms with Crippen molar-refractivity contribution < 1.29 is 14.9 Å². The van der Waals surface area contributed by atoms with Gasteiger partial charge in [-0.15, -0.1) is 0 Å². The van der Waals surface area contributed by atoms with Gasteiger partial charge in [-0.05, 0) is 94.4 Å². The van der Waals surface area contributed by atoms with Crippen LogP contribution in [0.25, 0.3) is 0 Å². The fourth-order valence-corrected chi connectivity index (χ4v) is 7.02. The van der Waals surface area contributed by atoms with Crippen LogP contribution in [0, 0.1) is 10.8 Å². The van der Waals surface area contributed by atoms with Crippen LogP contribution < -0.4 is 0 Å². The Balaban J connectivity index is 1.52. The van der Waals surface area contributed by atoms with E-state index in [1.807, 2.05) is 0 Å². The molecule has 1 heterocycles. The second kappa shape index (κ2) is 14.4. The van der Waals surface area contributed by atoms with Gasteiger partial charge in [0.2, 0.25) is 0 Å². The van der Waals surface area contributed by atoms with Crippen LogP contribution in [0.5, 0.6) is 0 Å². The zero-order valence-electron chi connectivity index (χ0n) is 28.4. The number of fused-ring (bicyclic) bond motifs is 1. The van der Waals surface area contributed by atoms with E-state index in [1.54, 1.807) is 0 Å². The van der Waals surface area contributed by atoms with Crippen LogP contribution >= 0.6 is 0 Å². The minimum absolute atomic E-state index is 0.00171. The van der Waals surface area contributed by atoms with E-state index < -0.39 is 0 Å². The van der Waals surface area contributed by atoms with Gasteiger partial charge in [-0.1, -0.05) is 123 Å². The van der Waals surface area contributed by atoms with Gasteiger partial charge < -0.3 is 14.9 Å². The molecule has 0 aromatic heterocycles. The Bertz CT molecular complexity index is 1330. The topological polar surface area (TPSA) is 49.7 Å². The van der Waals surface area contributed by atoms with Gasteiger partial charge in [0.1, 0.15) is 0 Å². The zero-order chi connectivity index (χ0) is 32.0. The minimum atomic E-state index is -0.381. The third-order valence-electron chi connectivity index (χ3n) is 9.08. The molecule has 0 radical (unpaired) electrons. The molecule has 1 saturated carbocycles. The Morgan fingerprint density at radius 1 is 0.721 bits per heavy atom. The van der Waals surface area contributed by atoms with E-state index in [2.05, 4.69) is 148 Å². The summed E-state index contributed by atoms with van der Waals surface area (Å²) in [4.78, 5) is 0. The first kappa shape index (κ1) is 34.8. The summed E-state index contributed by atoms with van der Waals surface area (Å²) in [7, 11) is 0. The summed E-state index contributed by atoms with van der Waals surface area (Å²) in [5.74, 6) is 0. The summed E-state index contributed by atoms with van der Waals surface area (Å²) in [5.41, 5.74) is 8.25. The van der Waals surface area contributed by atoms with Crippen LogP contribution in [-0.4, -0.2) is 34.1 Å². The van der Waals surface area contributed by atoms with E-state index >= 15 is 0 Å². The molecule has 0 aromatic rings. The summed E-state index contributed by atoms with van der Waals surface area (Å²) in [5, 5.41) is 20.5. The lowest BCUT2D eigenvalue weighted by Crippen LogP contribution is -2.45. The Labute approximate surface area is 262 Å². The van der Waals surface area contributed by atoms with E-state index in [-0.39, 0.29) is 34.7 Å². The van der Waals surface area contributed by atoms with Crippen molar-refractivity contribution in [3.05, 3.63) is 118 Å². The molecule has 3 nitrogen and oxygen atoms in total. The number of aliphatic hydroxyl groups excluding tert-OH is 2. The number of ether oxygens (including phenoxy) is 1. The molecule has 3 rings (SSSR count). The second-order valence-electron chi connectivity index (χ2n) is 14.5. The minimum Gasteiger partial charge on any atom is -0.393 e. The van der Waals surface area contributed by atoms with E-state index in [1.165, 1.54) is 39.0 Å². The summed E-state index contributed by atoms with van der Waals surface area (Å²) in [6.07, 6.45) is 30.2. The molecule has 3 heteroatoms. The summed E-state index contributed by atoms with van der Waals surface area (Å²) >= 11 is 0. The number of rotatable bonds is 9. The predicted octanol–water partition coefficient (Wildman–Crippen LogP) is 9.76. The van der Waals surface area contributed by atoms with Gasteiger partial charge in [-0.2, -0.15) is 0 Å². The van der Waals surface area contributed by atoms with Gasteiger partial charge in [-0.3, -0.25) is 0 Å². The van der Waals surface area contributed by atoms with Crippen molar-refractivity contribution in [2.75, 3.05) is 0 Å². The summed E-state index contributed by atoms with van der Waals surface area (Å²) in [6, 6.07) is 0. The highest BCUT2D eigenvalue weighted by atomic mass is 16.5. The third-order valence-corrected chi connectivity index (χ3v) is 9.08. The molecule has 3 aliphatic rings. The number of hydrogen-bond acceptors (Lipinski definition) is 3. The first-order chi connectivity index (χ1) is 20.0. The number of aliphatic hydroxyl groups is 2. The van der Waals surface area contributed by atoms with Crippen molar-refractivity contribution >= 4 is 0 Å². The van der Waals surface area contributed by atoms with Crippen LogP contribution in [0.3, 0.4) is 0 Å². The van der Waals surface area contributed by atoms with Crippen LogP contribution in [0.4, 0.5) is 0 Å². The fourth-order valence-electron chi connectivity index (χ4n) is 7.02. The molecule has 0 saturated heterocycles. The first-order valence-electron chi connectivity index (χ1n) is 15.9. The first-order valence-corrected chi connectivity index (χ1v) is 15.9. The number of allylic oxidation sites excluding steroid dienone is 16. The van der Waals surface area contributed by atoms with Crippen molar-refractivity contribution in [2.45, 2.75) is 119 Å². The second-order valence-corrected chi connectivity index (χ2v) is 14.5. The quantitative estimate of drug-likeness (QED) is 0.209. The molecular formula is C40H56O3. The molecule has 1 fully saturated rings. The monoisotopic (exact) mass is 584 g/mol. The van der Waals surface area contributed by atoms with Crippen LogP contribution in [0.1, 0.15) is 94.9 Å². The maximum absolute atomic E-state index is 10.4. The molecule has 2 N–H and O–H groups in total. The molecule has 1 aliphatic heterocycles. The third kappa shape index (κ3) is 9.63. The Kier molecular flexibility index (Phi) is 11.6. The molecule has 0 unspecified atom stereocenters. The molecule has 0 spiro atoms. The largest absolute Gasteiger partial charge is 0.393 e. The molecule has 0 aromatic carbocycles. The maximum Gasteiger partial charge on any atom is 0.0982 e. The van der Waals surface area contributed by atoms with E-state index in [0.717, 1.165) is 19.3 Å². The molecule has 234 valence electrons. The number of hydrogen-bond donors (Lipinski definition) is 2. The average molecular weight is 585 g/mol. The Morgan fingerprint density at radius 2 is 1.26 bits per heavy atom. The average Bonchev–Trinajstić information content (AvgIpc) is 3.23. The molecular weight excluding hydrogens is 528 g/mol. The maximum atomic E-state index is 10.4. The van der Waals surface area contributed by atoms with Crippen LogP contribution in [0.2, 0.25) is 0 Å². The summed E-state index contributed by atoms with van der Waals surface area (Å²) < 4.78 is 6.46. The van der Waals surface area contributed by atoms with Crippen LogP contribution in [0.15, 0.2) is 118 Å². The predicted molar refractivity (Wildman–Crippen MR) is 184 cm³/mol. The molecule has 0 bridgehead atoms. The lowest BCUT2D eigenvalue weighted by molar-refractivity contribution is -0.0683. The normalized spacial score (nSPS) is 30.8. The SMILES string of the molecule is CC1=C(/C=C/C(C)=C\C=C\C(C)=C/C=C/C=C(C)\C=C\C=C(\C)[C@@H]2C=C3C(C)(C)C[C@H](O)C[C@@]3(C)O2)C(C)(C)C[C@@H](O)C1. The smallest absolute Gasteiger partial charge is 0.0982 e. The van der Waals surface area contributed by atoms with Crippen molar-refractivity contribution in [3.63, 3.8) is 0 Å². The highest BCUT2D eigenvalue weighted by Gasteiger charge is 2.50.